The van der Waals surface area contributed by atoms with Crippen molar-refractivity contribution >= 4 is 11.8 Å². The Bertz CT molecular complexity index is 18.5. The van der Waals surface area contributed by atoms with Gasteiger partial charge in [-0.1, -0.05) is 0 Å². The molecule has 1 rings (SSSR count). The molecule has 0 spiro atoms. The number of rotatable bonds is 0. The van der Waals surface area contributed by atoms with Gasteiger partial charge in [0.1, 0.15) is 0 Å². The number of hydrogen-bond acceptors (Lipinski definition) is 1. The highest BCUT2D eigenvalue weighted by Crippen LogP contribution is 2.05. The van der Waals surface area contributed by atoms with Gasteiger partial charge in [0.05, 0.1) is 12.4 Å². The zero-order chi connectivity index (χ0) is 3.54. The Morgan fingerprint density at radius 2 is 2.80 bits per heavy atom. The highest BCUT2D eigenvalue weighted by molar-refractivity contribution is 7.99. The minimum Gasteiger partial charge on any atom is -0.225 e. The molecule has 1 aliphatic rings. The predicted octanol–water partition coefficient (Wildman–Crippen LogP) is 0.457. The molecule has 1 saturated heterocycles. The Balaban J connectivity index is 2.08. The molecule has 5 heavy (non-hydrogen) atoms. The number of hydrogen-bond donors (Lipinski definition) is 0. The first kappa shape index (κ1) is 3.50. The molecule has 0 amide bonds. The summed E-state index contributed by atoms with van der Waals surface area (Å²) in [5, 5.41) is 3.92. The van der Waals surface area contributed by atoms with E-state index in [-0.39, 0.29) is 0 Å². The lowest BCUT2D eigenvalue weighted by atomic mass is 10.8. The fourth-order valence-corrected chi connectivity index (χ4v) is 0.791. The van der Waals surface area contributed by atoms with E-state index in [4.69, 9.17) is 0 Å². The third-order valence-corrected chi connectivity index (χ3v) is 1.20. The van der Waals surface area contributed by atoms with Gasteiger partial charge in [0, 0.05) is 5.75 Å². The van der Waals surface area contributed by atoms with E-state index in [2.05, 4.69) is 5.32 Å². The van der Waals surface area contributed by atoms with Gasteiger partial charge in [-0.3, -0.25) is 0 Å². The summed E-state index contributed by atoms with van der Waals surface area (Å²) in [6, 6.07) is 0. The molecule has 1 fully saturated rings. The van der Waals surface area contributed by atoms with Crippen LogP contribution in [0.2, 0.25) is 0 Å². The van der Waals surface area contributed by atoms with E-state index in [1.807, 2.05) is 18.3 Å². The van der Waals surface area contributed by atoms with Gasteiger partial charge in [0.2, 0.25) is 0 Å². The van der Waals surface area contributed by atoms with Gasteiger partial charge in [-0.2, -0.15) is 0 Å². The van der Waals surface area contributed by atoms with Gasteiger partial charge in [0.15, 0.2) is 0 Å². The molecule has 1 heterocycles. The minimum atomic E-state index is 0.986. The number of thioether (sulfide) groups is 1. The molecule has 0 aromatic rings. The highest BCUT2D eigenvalue weighted by atomic mass is 32.2. The smallest absolute Gasteiger partial charge is 0.0595 e. The van der Waals surface area contributed by atoms with E-state index in [0.29, 0.717) is 0 Å². The molecule has 0 atom stereocenters. The Labute approximate surface area is 36.1 Å². The zero-order valence-electron chi connectivity index (χ0n) is 2.85. The van der Waals surface area contributed by atoms with Crippen LogP contribution in [0.5, 0.6) is 0 Å². The molecule has 0 unspecified atom stereocenters. The SMILES string of the molecule is [CH]1CSC[N]1. The first-order chi connectivity index (χ1) is 2.50. The first-order valence-electron chi connectivity index (χ1n) is 1.56. The van der Waals surface area contributed by atoms with Crippen LogP contribution in [0, 0.1) is 6.54 Å². The van der Waals surface area contributed by atoms with Crippen molar-refractivity contribution < 1.29 is 0 Å². The molecule has 0 bridgehead atoms. The summed E-state index contributed by atoms with van der Waals surface area (Å²) < 4.78 is 0. The second kappa shape index (κ2) is 1.67. The second-order valence-corrected chi connectivity index (χ2v) is 1.86. The van der Waals surface area contributed by atoms with Gasteiger partial charge in [-0.25, -0.2) is 5.32 Å². The first-order valence-corrected chi connectivity index (χ1v) is 2.71. The molecule has 0 aromatic heterocycles. The van der Waals surface area contributed by atoms with Gasteiger partial charge in [-0.15, -0.1) is 11.8 Å². The maximum Gasteiger partial charge on any atom is 0.0595 e. The van der Waals surface area contributed by atoms with Crippen LogP contribution in [0.15, 0.2) is 0 Å². The molecule has 1 nitrogen and oxygen atoms in total. The normalized spacial score (nSPS) is 24.0. The van der Waals surface area contributed by atoms with Crippen LogP contribution < -0.4 is 5.32 Å². The summed E-state index contributed by atoms with van der Waals surface area (Å²) in [4.78, 5) is 0. The van der Waals surface area contributed by atoms with Crippen molar-refractivity contribution in [2.75, 3.05) is 11.6 Å². The molecular weight excluding hydrogens is 82.1 g/mol. The summed E-state index contributed by atoms with van der Waals surface area (Å²) in [7, 11) is 0. The van der Waals surface area contributed by atoms with Gasteiger partial charge < -0.3 is 0 Å². The Morgan fingerprint density at radius 1 is 1.80 bits per heavy atom. The standard InChI is InChI=1S/C3H5NS/c1-2-5-3-4-1/h1H,2-3H2. The van der Waals surface area contributed by atoms with Crippen LogP contribution in [0.25, 0.3) is 0 Å². The van der Waals surface area contributed by atoms with Crippen molar-refractivity contribution in [1.29, 1.82) is 0 Å². The quantitative estimate of drug-likeness (QED) is 0.418. The van der Waals surface area contributed by atoms with Crippen molar-refractivity contribution in [3.8, 4) is 0 Å². The molecule has 0 aliphatic carbocycles. The van der Waals surface area contributed by atoms with Crippen LogP contribution >= 0.6 is 11.8 Å². The average Bonchev–Trinajstić information content (AvgIpc) is 1.76. The predicted molar refractivity (Wildman–Crippen MR) is 23.8 cm³/mol. The van der Waals surface area contributed by atoms with Crippen molar-refractivity contribution in [1.82, 2.24) is 5.32 Å². The summed E-state index contributed by atoms with van der Waals surface area (Å²) in [5.74, 6) is 2.11. The van der Waals surface area contributed by atoms with E-state index in [1.54, 1.807) is 0 Å². The third-order valence-electron chi connectivity index (χ3n) is 0.487. The summed E-state index contributed by atoms with van der Waals surface area (Å²) in [6.07, 6.45) is 0. The maximum atomic E-state index is 3.92. The van der Waals surface area contributed by atoms with E-state index in [0.717, 1.165) is 11.6 Å². The Morgan fingerprint density at radius 3 is 3.00 bits per heavy atom. The molecule has 28 valence electrons. The summed E-state index contributed by atoms with van der Waals surface area (Å²) in [6.45, 7) is 1.95. The number of nitrogens with zero attached hydrogens (tertiary/aromatic N) is 1. The summed E-state index contributed by atoms with van der Waals surface area (Å²) in [5.41, 5.74) is 0. The zero-order valence-corrected chi connectivity index (χ0v) is 3.66. The molecule has 2 radical (unpaired) electrons. The second-order valence-electron chi connectivity index (χ2n) is 0.865. The maximum absolute atomic E-state index is 3.92. The Kier molecular flexibility index (Phi) is 1.17. The van der Waals surface area contributed by atoms with Crippen molar-refractivity contribution in [3.05, 3.63) is 6.54 Å². The molecular formula is C3H5NS. The van der Waals surface area contributed by atoms with E-state index in [9.17, 15) is 0 Å². The lowest BCUT2D eigenvalue weighted by molar-refractivity contribution is 0.976. The summed E-state index contributed by atoms with van der Waals surface area (Å²) >= 11 is 1.85. The average molecular weight is 87.1 g/mol. The Hall–Kier alpha value is 0.310. The van der Waals surface area contributed by atoms with Gasteiger partial charge >= 0.3 is 0 Å². The monoisotopic (exact) mass is 87.0 g/mol. The van der Waals surface area contributed by atoms with Crippen molar-refractivity contribution in [3.63, 3.8) is 0 Å². The lowest BCUT2D eigenvalue weighted by Gasteiger charge is -1.70. The van der Waals surface area contributed by atoms with E-state index < -0.39 is 0 Å². The minimum absolute atomic E-state index is 0.986. The molecule has 1 aliphatic heterocycles. The molecule has 0 saturated carbocycles. The molecule has 2 heteroatoms. The van der Waals surface area contributed by atoms with Crippen molar-refractivity contribution in [2.45, 2.75) is 0 Å². The van der Waals surface area contributed by atoms with Crippen LogP contribution in [-0.4, -0.2) is 11.6 Å². The molecule has 0 N–H and O–H groups in total. The fraction of sp³-hybridized carbons (Fsp3) is 0.667. The lowest BCUT2D eigenvalue weighted by Crippen LogP contribution is -1.86. The fourth-order valence-electron chi connectivity index (χ4n) is 0.264. The third kappa shape index (κ3) is 0.816. The largest absolute Gasteiger partial charge is 0.225 e. The van der Waals surface area contributed by atoms with Crippen LogP contribution in [0.4, 0.5) is 0 Å². The van der Waals surface area contributed by atoms with Crippen molar-refractivity contribution in [2.24, 2.45) is 0 Å². The van der Waals surface area contributed by atoms with Crippen LogP contribution in [0.1, 0.15) is 0 Å². The van der Waals surface area contributed by atoms with Crippen LogP contribution in [-0.2, 0) is 0 Å². The molecule has 0 aromatic carbocycles. The topological polar surface area (TPSA) is 14.1 Å². The van der Waals surface area contributed by atoms with Crippen LogP contribution in [0.3, 0.4) is 0 Å². The van der Waals surface area contributed by atoms with E-state index in [1.165, 1.54) is 0 Å². The van der Waals surface area contributed by atoms with Gasteiger partial charge in [-0.05, 0) is 0 Å². The highest BCUT2D eigenvalue weighted by Gasteiger charge is 1.96. The van der Waals surface area contributed by atoms with E-state index >= 15 is 0 Å². The van der Waals surface area contributed by atoms with Gasteiger partial charge in [0.25, 0.3) is 0 Å².